The number of hydrogen-bond acceptors (Lipinski definition) is 0. The van der Waals surface area contributed by atoms with Gasteiger partial charge in [-0.3, -0.25) is 0 Å². The first-order valence-corrected chi connectivity index (χ1v) is 5.08. The van der Waals surface area contributed by atoms with Crippen molar-refractivity contribution in [1.29, 1.82) is 0 Å². The zero-order valence-corrected chi connectivity index (χ0v) is 9.11. The van der Waals surface area contributed by atoms with E-state index in [1.165, 1.54) is 16.7 Å². The maximum atomic E-state index is 4.00. The van der Waals surface area contributed by atoms with Crippen molar-refractivity contribution in [1.82, 2.24) is 0 Å². The third kappa shape index (κ3) is 1.98. The number of rotatable bonds is 2. The fourth-order valence-electron chi connectivity index (χ4n) is 1.19. The normalized spacial score (nSPS) is 9.92. The van der Waals surface area contributed by atoms with Gasteiger partial charge in [0, 0.05) is 5.33 Å². The Hall–Kier alpha value is -0.560. The van der Waals surface area contributed by atoms with Crippen LogP contribution >= 0.6 is 15.9 Å². The Morgan fingerprint density at radius 2 is 2.08 bits per heavy atom. The fraction of sp³-hybridized carbons (Fsp3) is 0.273. The predicted molar refractivity (Wildman–Crippen MR) is 58.7 cm³/mol. The van der Waals surface area contributed by atoms with E-state index in [-0.39, 0.29) is 0 Å². The van der Waals surface area contributed by atoms with E-state index in [0.717, 1.165) is 10.9 Å². The summed E-state index contributed by atoms with van der Waals surface area (Å²) in [6, 6.07) is 6.44. The summed E-state index contributed by atoms with van der Waals surface area (Å²) >= 11 is 3.41. The van der Waals surface area contributed by atoms with E-state index in [9.17, 15) is 0 Å². The lowest BCUT2D eigenvalue weighted by molar-refractivity contribution is 1.36. The molecule has 0 unspecified atom stereocenters. The monoisotopic (exact) mass is 224 g/mol. The number of benzene rings is 1. The minimum absolute atomic E-state index is 0.845. The maximum absolute atomic E-state index is 4.00. The van der Waals surface area contributed by atoms with Crippen molar-refractivity contribution in [2.45, 2.75) is 13.8 Å². The molecule has 1 aromatic carbocycles. The van der Waals surface area contributed by atoms with Gasteiger partial charge in [-0.1, -0.05) is 46.3 Å². The minimum Gasteiger partial charge on any atom is -0.0944 e. The Bertz CT molecular complexity index is 300. The van der Waals surface area contributed by atoms with Gasteiger partial charge in [0.2, 0.25) is 0 Å². The summed E-state index contributed by atoms with van der Waals surface area (Å²) in [7, 11) is 0. The highest BCUT2D eigenvalue weighted by atomic mass is 79.9. The van der Waals surface area contributed by atoms with Crippen LogP contribution in [-0.2, 0) is 0 Å². The van der Waals surface area contributed by atoms with E-state index in [4.69, 9.17) is 0 Å². The second kappa shape index (κ2) is 3.90. The second-order valence-electron chi connectivity index (χ2n) is 3.06. The van der Waals surface area contributed by atoms with Crippen LogP contribution in [0.25, 0.3) is 5.57 Å². The second-order valence-corrected chi connectivity index (χ2v) is 3.62. The van der Waals surface area contributed by atoms with E-state index in [1.54, 1.807) is 0 Å². The zero-order chi connectivity index (χ0) is 9.14. The van der Waals surface area contributed by atoms with Crippen molar-refractivity contribution in [3.63, 3.8) is 0 Å². The lowest BCUT2D eigenvalue weighted by Gasteiger charge is -2.07. The van der Waals surface area contributed by atoms with Crippen LogP contribution in [0.4, 0.5) is 0 Å². The number of aryl methyl sites for hydroxylation is 2. The standard InChI is InChI=1S/C11H13Br/c1-8-4-5-9(2)11(6-8)10(3)7-12/h4-6H,3,7H2,1-2H3. The van der Waals surface area contributed by atoms with Gasteiger partial charge >= 0.3 is 0 Å². The van der Waals surface area contributed by atoms with Crippen LogP contribution in [0, 0.1) is 13.8 Å². The average Bonchev–Trinajstić information content (AvgIpc) is 2.08. The number of allylic oxidation sites excluding steroid dienone is 1. The molecule has 1 heteroatoms. The summed E-state index contributed by atoms with van der Waals surface area (Å²) in [5.74, 6) is 0. The van der Waals surface area contributed by atoms with Crippen molar-refractivity contribution in [2.75, 3.05) is 5.33 Å². The van der Waals surface area contributed by atoms with Crippen LogP contribution in [0.15, 0.2) is 24.8 Å². The molecule has 0 aliphatic carbocycles. The third-order valence-corrected chi connectivity index (χ3v) is 2.61. The molecule has 0 saturated carbocycles. The van der Waals surface area contributed by atoms with E-state index in [1.807, 2.05) is 0 Å². The number of hydrogen-bond donors (Lipinski definition) is 0. The first-order chi connectivity index (χ1) is 5.65. The van der Waals surface area contributed by atoms with E-state index >= 15 is 0 Å². The molecule has 0 spiro atoms. The summed E-state index contributed by atoms with van der Waals surface area (Å²) in [5, 5.41) is 0.845. The molecule has 0 fully saturated rings. The van der Waals surface area contributed by atoms with Crippen molar-refractivity contribution in [3.8, 4) is 0 Å². The predicted octanol–water partition coefficient (Wildman–Crippen LogP) is 3.71. The fourth-order valence-corrected chi connectivity index (χ4v) is 1.49. The maximum Gasteiger partial charge on any atom is 0.0283 e. The van der Waals surface area contributed by atoms with Crippen molar-refractivity contribution < 1.29 is 0 Å². The molecule has 0 saturated heterocycles. The molecule has 0 aliphatic rings. The van der Waals surface area contributed by atoms with Crippen molar-refractivity contribution in [2.24, 2.45) is 0 Å². The molecule has 0 radical (unpaired) electrons. The minimum atomic E-state index is 0.845. The van der Waals surface area contributed by atoms with Crippen molar-refractivity contribution >= 4 is 21.5 Å². The molecule has 0 amide bonds. The molecule has 64 valence electrons. The van der Waals surface area contributed by atoms with Gasteiger partial charge in [0.15, 0.2) is 0 Å². The highest BCUT2D eigenvalue weighted by Crippen LogP contribution is 2.20. The molecule has 0 atom stereocenters. The summed E-state index contributed by atoms with van der Waals surface area (Å²) in [5.41, 5.74) is 5.01. The molecule has 0 heterocycles. The topological polar surface area (TPSA) is 0 Å². The summed E-state index contributed by atoms with van der Waals surface area (Å²) in [4.78, 5) is 0. The van der Waals surface area contributed by atoms with Crippen LogP contribution in [-0.4, -0.2) is 5.33 Å². The number of alkyl halides is 1. The van der Waals surface area contributed by atoms with Gasteiger partial charge in [-0.05, 0) is 30.5 Å². The van der Waals surface area contributed by atoms with Crippen LogP contribution in [0.3, 0.4) is 0 Å². The van der Waals surface area contributed by atoms with E-state index in [2.05, 4.69) is 54.6 Å². The molecular formula is C11H13Br. The molecule has 12 heavy (non-hydrogen) atoms. The average molecular weight is 225 g/mol. The lowest BCUT2D eigenvalue weighted by Crippen LogP contribution is -1.89. The van der Waals surface area contributed by atoms with E-state index < -0.39 is 0 Å². The Balaban J connectivity index is 3.13. The number of halogens is 1. The summed E-state index contributed by atoms with van der Waals surface area (Å²) in [6.45, 7) is 8.21. The molecule has 0 bridgehead atoms. The first-order valence-electron chi connectivity index (χ1n) is 3.96. The largest absolute Gasteiger partial charge is 0.0944 e. The highest BCUT2D eigenvalue weighted by molar-refractivity contribution is 9.09. The zero-order valence-electron chi connectivity index (χ0n) is 7.52. The Labute approximate surface area is 82.4 Å². The van der Waals surface area contributed by atoms with Crippen LogP contribution in [0.2, 0.25) is 0 Å². The van der Waals surface area contributed by atoms with Gasteiger partial charge in [0.1, 0.15) is 0 Å². The van der Waals surface area contributed by atoms with Crippen LogP contribution < -0.4 is 0 Å². The highest BCUT2D eigenvalue weighted by Gasteiger charge is 2.00. The molecule has 0 aliphatic heterocycles. The third-order valence-electron chi connectivity index (χ3n) is 1.94. The van der Waals surface area contributed by atoms with Gasteiger partial charge in [-0.2, -0.15) is 0 Å². The van der Waals surface area contributed by atoms with Gasteiger partial charge in [0.05, 0.1) is 0 Å². The van der Waals surface area contributed by atoms with Gasteiger partial charge in [-0.25, -0.2) is 0 Å². The smallest absolute Gasteiger partial charge is 0.0283 e. The van der Waals surface area contributed by atoms with Crippen LogP contribution in [0.1, 0.15) is 16.7 Å². The van der Waals surface area contributed by atoms with Crippen LogP contribution in [0.5, 0.6) is 0 Å². The Morgan fingerprint density at radius 3 is 2.67 bits per heavy atom. The molecule has 0 nitrogen and oxygen atoms in total. The summed E-state index contributed by atoms with van der Waals surface area (Å²) in [6.07, 6.45) is 0. The van der Waals surface area contributed by atoms with Gasteiger partial charge in [-0.15, -0.1) is 0 Å². The van der Waals surface area contributed by atoms with Gasteiger partial charge in [0.25, 0.3) is 0 Å². The van der Waals surface area contributed by atoms with Gasteiger partial charge < -0.3 is 0 Å². The summed E-state index contributed by atoms with van der Waals surface area (Å²) < 4.78 is 0. The lowest BCUT2D eigenvalue weighted by atomic mass is 10.0. The quantitative estimate of drug-likeness (QED) is 0.673. The molecular weight excluding hydrogens is 212 g/mol. The molecule has 1 rings (SSSR count). The van der Waals surface area contributed by atoms with Crippen molar-refractivity contribution in [3.05, 3.63) is 41.5 Å². The first kappa shape index (κ1) is 9.53. The molecule has 1 aromatic rings. The Kier molecular flexibility index (Phi) is 3.10. The van der Waals surface area contributed by atoms with E-state index in [0.29, 0.717) is 0 Å². The molecule has 0 N–H and O–H groups in total. The molecule has 0 aromatic heterocycles. The Morgan fingerprint density at radius 1 is 1.42 bits per heavy atom. The SMILES string of the molecule is C=C(CBr)c1cc(C)ccc1C.